The number of phenols is 1. The van der Waals surface area contributed by atoms with Crippen LogP contribution >= 0.6 is 0 Å². The summed E-state index contributed by atoms with van der Waals surface area (Å²) >= 11 is 0. The Morgan fingerprint density at radius 3 is 2.77 bits per heavy atom. The van der Waals surface area contributed by atoms with Crippen LogP contribution in [0.15, 0.2) is 36.2 Å². The third-order valence-electron chi connectivity index (χ3n) is 1.76. The van der Waals surface area contributed by atoms with Gasteiger partial charge in [0.15, 0.2) is 0 Å². The summed E-state index contributed by atoms with van der Waals surface area (Å²) in [5.74, 6) is 0.966. The second kappa shape index (κ2) is 2.99. The quantitative estimate of drug-likeness (QED) is 0.684. The molecule has 0 aromatic heterocycles. The standard InChI is InChI=1S/C9H10N2O2/c1-7-6-11(10-13-7)8-4-2-3-5-9(8)12/h2-6,10,12H,1H3. The number of nitrogens with one attached hydrogen (secondary N) is 1. The molecule has 0 amide bonds. The van der Waals surface area contributed by atoms with E-state index < -0.39 is 0 Å². The summed E-state index contributed by atoms with van der Waals surface area (Å²) in [5, 5.41) is 11.1. The molecule has 1 aliphatic rings. The highest BCUT2D eigenvalue weighted by Crippen LogP contribution is 2.27. The summed E-state index contributed by atoms with van der Waals surface area (Å²) in [6.07, 6.45) is 1.76. The molecule has 68 valence electrons. The predicted molar refractivity (Wildman–Crippen MR) is 48.6 cm³/mol. The Morgan fingerprint density at radius 1 is 1.38 bits per heavy atom. The van der Waals surface area contributed by atoms with Gasteiger partial charge in [0.05, 0.1) is 6.20 Å². The zero-order valence-electron chi connectivity index (χ0n) is 7.19. The molecule has 0 spiro atoms. The third-order valence-corrected chi connectivity index (χ3v) is 1.76. The normalized spacial score (nSPS) is 15.5. The van der Waals surface area contributed by atoms with Gasteiger partial charge in [-0.15, -0.1) is 0 Å². The number of hydrogen-bond donors (Lipinski definition) is 2. The maximum absolute atomic E-state index is 9.49. The molecular weight excluding hydrogens is 168 g/mol. The van der Waals surface area contributed by atoms with Crippen molar-refractivity contribution in [3.05, 3.63) is 36.2 Å². The van der Waals surface area contributed by atoms with Gasteiger partial charge in [0, 0.05) is 0 Å². The summed E-state index contributed by atoms with van der Waals surface area (Å²) in [7, 11) is 0. The summed E-state index contributed by atoms with van der Waals surface area (Å²) in [6, 6.07) is 7.03. The molecule has 0 atom stereocenters. The monoisotopic (exact) mass is 178 g/mol. The van der Waals surface area contributed by atoms with E-state index in [0.29, 0.717) is 5.69 Å². The van der Waals surface area contributed by atoms with Crippen molar-refractivity contribution in [1.82, 2.24) is 5.59 Å². The average Bonchev–Trinajstić information content (AvgIpc) is 2.53. The minimum absolute atomic E-state index is 0.213. The average molecular weight is 178 g/mol. The first-order valence-corrected chi connectivity index (χ1v) is 3.95. The fourth-order valence-corrected chi connectivity index (χ4v) is 1.14. The smallest absolute Gasteiger partial charge is 0.141 e. The number of anilines is 1. The summed E-state index contributed by atoms with van der Waals surface area (Å²) in [5.41, 5.74) is 3.31. The van der Waals surface area contributed by atoms with Crippen molar-refractivity contribution < 1.29 is 9.94 Å². The van der Waals surface area contributed by atoms with Crippen LogP contribution in [-0.4, -0.2) is 5.11 Å². The van der Waals surface area contributed by atoms with Gasteiger partial charge in [-0.3, -0.25) is 0 Å². The van der Waals surface area contributed by atoms with E-state index in [9.17, 15) is 5.11 Å². The van der Waals surface area contributed by atoms with Crippen LogP contribution < -0.4 is 10.6 Å². The van der Waals surface area contributed by atoms with E-state index in [1.807, 2.05) is 13.0 Å². The van der Waals surface area contributed by atoms with E-state index >= 15 is 0 Å². The van der Waals surface area contributed by atoms with Gasteiger partial charge in [-0.05, 0) is 19.1 Å². The fourth-order valence-electron chi connectivity index (χ4n) is 1.14. The number of hydrazine groups is 1. The number of hydrogen-bond acceptors (Lipinski definition) is 4. The van der Waals surface area contributed by atoms with Gasteiger partial charge in [-0.1, -0.05) is 17.7 Å². The lowest BCUT2D eigenvalue weighted by atomic mass is 10.3. The Bertz CT molecular complexity index is 349. The zero-order valence-corrected chi connectivity index (χ0v) is 7.19. The minimum atomic E-state index is 0.213. The first-order chi connectivity index (χ1) is 6.27. The van der Waals surface area contributed by atoms with Crippen LogP contribution in [-0.2, 0) is 4.84 Å². The van der Waals surface area contributed by atoms with Gasteiger partial charge >= 0.3 is 0 Å². The van der Waals surface area contributed by atoms with Crippen LogP contribution in [0, 0.1) is 0 Å². The van der Waals surface area contributed by atoms with E-state index in [1.165, 1.54) is 0 Å². The molecule has 0 unspecified atom stereocenters. The van der Waals surface area contributed by atoms with Gasteiger partial charge in [0.2, 0.25) is 0 Å². The van der Waals surface area contributed by atoms with Crippen LogP contribution in [0.4, 0.5) is 5.69 Å². The van der Waals surface area contributed by atoms with E-state index in [-0.39, 0.29) is 5.75 Å². The van der Waals surface area contributed by atoms with Gasteiger partial charge in [0.25, 0.3) is 0 Å². The molecule has 1 aromatic rings. The molecule has 0 fully saturated rings. The van der Waals surface area contributed by atoms with Crippen LogP contribution in [0.2, 0.25) is 0 Å². The zero-order chi connectivity index (χ0) is 9.26. The molecule has 0 saturated carbocycles. The lowest BCUT2D eigenvalue weighted by Crippen LogP contribution is -2.26. The number of rotatable bonds is 1. The summed E-state index contributed by atoms with van der Waals surface area (Å²) in [6.45, 7) is 1.83. The number of benzene rings is 1. The number of nitrogens with zero attached hydrogens (tertiary/aromatic N) is 1. The van der Waals surface area contributed by atoms with Crippen LogP contribution in [0.5, 0.6) is 5.75 Å². The Balaban J connectivity index is 2.31. The van der Waals surface area contributed by atoms with Crippen molar-refractivity contribution in [2.24, 2.45) is 0 Å². The van der Waals surface area contributed by atoms with Crippen molar-refractivity contribution in [3.8, 4) is 5.75 Å². The molecular formula is C9H10N2O2. The van der Waals surface area contributed by atoms with Crippen molar-refractivity contribution in [2.75, 3.05) is 5.01 Å². The SMILES string of the molecule is CC1=CN(c2ccccc2O)NO1. The predicted octanol–water partition coefficient (Wildman–Crippen LogP) is 1.51. The summed E-state index contributed by atoms with van der Waals surface area (Å²) in [4.78, 5) is 5.00. The highest BCUT2D eigenvalue weighted by atomic mass is 16.7. The number of aromatic hydroxyl groups is 1. The highest BCUT2D eigenvalue weighted by Gasteiger charge is 2.14. The van der Waals surface area contributed by atoms with Gasteiger partial charge < -0.3 is 9.94 Å². The highest BCUT2D eigenvalue weighted by molar-refractivity contribution is 5.58. The van der Waals surface area contributed by atoms with E-state index in [2.05, 4.69) is 5.59 Å². The molecule has 1 aromatic carbocycles. The molecule has 1 heterocycles. The molecule has 2 N–H and O–H groups in total. The van der Waals surface area contributed by atoms with Crippen LogP contribution in [0.3, 0.4) is 0 Å². The molecule has 13 heavy (non-hydrogen) atoms. The molecule has 4 heteroatoms. The van der Waals surface area contributed by atoms with E-state index in [0.717, 1.165) is 5.76 Å². The minimum Gasteiger partial charge on any atom is -0.506 e. The molecule has 2 rings (SSSR count). The van der Waals surface area contributed by atoms with Crippen molar-refractivity contribution in [2.45, 2.75) is 6.92 Å². The Labute approximate surface area is 76.0 Å². The number of allylic oxidation sites excluding steroid dienone is 1. The van der Waals surface area contributed by atoms with Crippen molar-refractivity contribution in [1.29, 1.82) is 0 Å². The fraction of sp³-hybridized carbons (Fsp3) is 0.111. The largest absolute Gasteiger partial charge is 0.506 e. The molecule has 0 aliphatic carbocycles. The molecule has 4 nitrogen and oxygen atoms in total. The van der Waals surface area contributed by atoms with Crippen LogP contribution in [0.25, 0.3) is 0 Å². The summed E-state index contributed by atoms with van der Waals surface area (Å²) < 4.78 is 0. The molecule has 0 radical (unpaired) electrons. The molecule has 0 bridgehead atoms. The van der Waals surface area contributed by atoms with Gasteiger partial charge in [-0.25, -0.2) is 5.01 Å². The first kappa shape index (κ1) is 7.94. The van der Waals surface area contributed by atoms with Crippen molar-refractivity contribution in [3.63, 3.8) is 0 Å². The van der Waals surface area contributed by atoms with Gasteiger partial charge in [0.1, 0.15) is 17.2 Å². The Hall–Kier alpha value is -1.68. The van der Waals surface area contributed by atoms with E-state index in [1.54, 1.807) is 29.4 Å². The molecule has 1 aliphatic heterocycles. The third kappa shape index (κ3) is 1.43. The lowest BCUT2D eigenvalue weighted by Gasteiger charge is -2.14. The maximum Gasteiger partial charge on any atom is 0.141 e. The molecule has 0 saturated heterocycles. The second-order valence-electron chi connectivity index (χ2n) is 2.79. The maximum atomic E-state index is 9.49. The topological polar surface area (TPSA) is 44.7 Å². The number of para-hydroxylation sites is 2. The lowest BCUT2D eigenvalue weighted by molar-refractivity contribution is 0.132. The Morgan fingerprint density at radius 2 is 2.15 bits per heavy atom. The Kier molecular flexibility index (Phi) is 1.83. The van der Waals surface area contributed by atoms with Gasteiger partial charge in [-0.2, -0.15) is 0 Å². The second-order valence-corrected chi connectivity index (χ2v) is 2.79. The van der Waals surface area contributed by atoms with E-state index in [4.69, 9.17) is 4.84 Å². The van der Waals surface area contributed by atoms with Crippen LogP contribution in [0.1, 0.15) is 6.92 Å². The first-order valence-electron chi connectivity index (χ1n) is 3.95. The van der Waals surface area contributed by atoms with Crippen molar-refractivity contribution >= 4 is 5.69 Å². The number of phenolic OH excluding ortho intramolecular Hbond substituents is 1.